The molecule has 184 valence electrons. The number of carbonyl (C=O) groups is 1. The Morgan fingerprint density at radius 3 is 2.37 bits per heavy atom. The van der Waals surface area contributed by atoms with Gasteiger partial charge in [0.2, 0.25) is 0 Å². The highest BCUT2D eigenvalue weighted by molar-refractivity contribution is 7.81. The molecule has 0 radical (unpaired) electrons. The van der Waals surface area contributed by atoms with E-state index in [9.17, 15) is 22.4 Å². The van der Waals surface area contributed by atoms with Crippen LogP contribution in [0, 0.1) is 17.1 Å². The summed E-state index contributed by atoms with van der Waals surface area (Å²) in [7, 11) is 1.75. The number of alkyl halides is 3. The van der Waals surface area contributed by atoms with E-state index in [2.05, 4.69) is 4.99 Å². The highest BCUT2D eigenvalue weighted by Gasteiger charge is 2.51. The number of carbonyl (C=O) groups excluding carboxylic acids is 1. The zero-order chi connectivity index (χ0) is 26.1. The third kappa shape index (κ3) is 5.05. The van der Waals surface area contributed by atoms with Crippen LogP contribution in [0.3, 0.4) is 0 Å². The molecule has 0 N–H and O–H groups in total. The van der Waals surface area contributed by atoms with Crippen LogP contribution in [-0.2, 0) is 17.4 Å². The summed E-state index contributed by atoms with van der Waals surface area (Å²) >= 11 is 5.46. The number of amides is 1. The molecule has 0 aromatic heterocycles. The minimum absolute atomic E-state index is 0.153. The third-order valence-electron chi connectivity index (χ3n) is 6.00. The highest BCUT2D eigenvalue weighted by atomic mass is 32.1. The van der Waals surface area contributed by atoms with Gasteiger partial charge in [0.15, 0.2) is 5.11 Å². The van der Waals surface area contributed by atoms with Crippen LogP contribution in [0.5, 0.6) is 0 Å². The quantitative estimate of drug-likeness (QED) is 0.273. The normalized spacial score (nSPS) is 16.1. The predicted molar refractivity (Wildman–Crippen MR) is 131 cm³/mol. The number of aryl methyl sites for hydroxylation is 1. The Kier molecular flexibility index (Phi) is 7.31. The first-order valence-corrected chi connectivity index (χ1v) is 11.2. The van der Waals surface area contributed by atoms with Gasteiger partial charge in [-0.3, -0.25) is 14.7 Å². The van der Waals surface area contributed by atoms with Gasteiger partial charge in [0.1, 0.15) is 11.4 Å². The molecule has 0 unspecified atom stereocenters. The van der Waals surface area contributed by atoms with E-state index in [0.29, 0.717) is 17.8 Å². The van der Waals surface area contributed by atoms with Crippen LogP contribution in [0.15, 0.2) is 41.4 Å². The molecule has 1 aliphatic rings. The summed E-state index contributed by atoms with van der Waals surface area (Å²) in [5.74, 6) is -1.83. The molecule has 3 rings (SSSR count). The molecule has 0 aliphatic carbocycles. The summed E-state index contributed by atoms with van der Waals surface area (Å²) in [4.78, 5) is 19.7. The average molecular weight is 505 g/mol. The van der Waals surface area contributed by atoms with Gasteiger partial charge < -0.3 is 4.90 Å². The predicted octanol–water partition coefficient (Wildman–Crippen LogP) is 6.05. The smallest absolute Gasteiger partial charge is 0.304 e. The molecule has 0 spiro atoms. The van der Waals surface area contributed by atoms with E-state index in [1.807, 2.05) is 19.1 Å². The van der Waals surface area contributed by atoms with Crippen LogP contribution in [0.2, 0.25) is 0 Å². The Bertz CT molecular complexity index is 1230. The summed E-state index contributed by atoms with van der Waals surface area (Å²) in [5.41, 5.74) is -1.46. The van der Waals surface area contributed by atoms with Gasteiger partial charge in [-0.05, 0) is 82.1 Å². The topological polar surface area (TPSA) is 59.7 Å². The van der Waals surface area contributed by atoms with Crippen LogP contribution >= 0.6 is 12.2 Å². The van der Waals surface area contributed by atoms with Gasteiger partial charge in [-0.1, -0.05) is 12.1 Å². The molecule has 2 aromatic carbocycles. The van der Waals surface area contributed by atoms with E-state index in [-0.39, 0.29) is 5.11 Å². The maximum absolute atomic E-state index is 14.8. The highest BCUT2D eigenvalue weighted by Crippen LogP contribution is 2.40. The SMILES string of the molecule is CN=C(C)CCCc1ccc(N2C(=S)N(c3cc(C(F)(F)F)c(C#N)cc3F)C(=O)C2(C)C)cc1. The van der Waals surface area contributed by atoms with E-state index >= 15 is 0 Å². The number of hydrogen-bond acceptors (Lipinski definition) is 4. The molecule has 1 saturated heterocycles. The number of hydrogen-bond donors (Lipinski definition) is 0. The lowest BCUT2D eigenvalue weighted by Crippen LogP contribution is -2.44. The second-order valence-corrected chi connectivity index (χ2v) is 9.12. The number of anilines is 2. The second kappa shape index (κ2) is 9.74. The van der Waals surface area contributed by atoms with Crippen molar-refractivity contribution in [2.75, 3.05) is 16.8 Å². The van der Waals surface area contributed by atoms with Crippen LogP contribution in [-0.4, -0.2) is 29.3 Å². The molecule has 1 fully saturated rings. The third-order valence-corrected chi connectivity index (χ3v) is 6.37. The van der Waals surface area contributed by atoms with Crippen molar-refractivity contribution >= 4 is 40.3 Å². The average Bonchev–Trinajstić information content (AvgIpc) is 2.97. The first kappa shape index (κ1) is 26.3. The zero-order valence-corrected chi connectivity index (χ0v) is 20.5. The lowest BCUT2D eigenvalue weighted by molar-refractivity contribution is -0.137. The van der Waals surface area contributed by atoms with Gasteiger partial charge in [-0.2, -0.15) is 18.4 Å². The number of aliphatic imine (C=N–C) groups is 1. The molecule has 1 aliphatic heterocycles. The molecule has 0 saturated carbocycles. The van der Waals surface area contributed by atoms with Crippen LogP contribution in [0.25, 0.3) is 0 Å². The standard InChI is InChI=1S/C25H24F4N4OS/c1-15(31-4)6-5-7-16-8-10-18(11-9-16)33-23(35)32(22(34)24(33,2)3)21-13-19(25(27,28)29)17(14-30)12-20(21)26/h8-13H,5-7H2,1-4H3. The fourth-order valence-corrected chi connectivity index (χ4v) is 4.49. The molecule has 0 atom stereocenters. The number of benzene rings is 2. The molecule has 1 amide bonds. The largest absolute Gasteiger partial charge is 0.417 e. The van der Waals surface area contributed by atoms with Crippen molar-refractivity contribution in [3.05, 3.63) is 58.9 Å². The van der Waals surface area contributed by atoms with Crippen molar-refractivity contribution in [1.29, 1.82) is 5.26 Å². The van der Waals surface area contributed by atoms with Crippen LogP contribution in [0.1, 0.15) is 50.3 Å². The molecule has 1 heterocycles. The molecule has 5 nitrogen and oxygen atoms in total. The number of rotatable bonds is 6. The van der Waals surface area contributed by atoms with Crippen molar-refractivity contribution in [3.8, 4) is 6.07 Å². The number of nitrogens with zero attached hydrogens (tertiary/aromatic N) is 4. The van der Waals surface area contributed by atoms with Crippen molar-refractivity contribution in [3.63, 3.8) is 0 Å². The summed E-state index contributed by atoms with van der Waals surface area (Å²) in [6.45, 7) is 5.10. The first-order valence-electron chi connectivity index (χ1n) is 10.8. The number of halogens is 4. The van der Waals surface area contributed by atoms with E-state index in [1.54, 1.807) is 33.0 Å². The number of thiocarbonyl (C=S) groups is 1. The molecular weight excluding hydrogens is 480 g/mol. The van der Waals surface area contributed by atoms with E-state index in [4.69, 9.17) is 17.5 Å². The Labute approximate surface area is 206 Å². The fraction of sp³-hybridized carbons (Fsp3) is 0.360. The molecular formula is C25H24F4N4OS. The minimum atomic E-state index is -4.91. The van der Waals surface area contributed by atoms with Gasteiger partial charge in [0.25, 0.3) is 5.91 Å². The molecule has 35 heavy (non-hydrogen) atoms. The van der Waals surface area contributed by atoms with Crippen molar-refractivity contribution in [2.45, 2.75) is 51.7 Å². The van der Waals surface area contributed by atoms with Crippen molar-refractivity contribution < 1.29 is 22.4 Å². The summed E-state index contributed by atoms with van der Waals surface area (Å²) in [6.07, 6.45) is -2.30. The fourth-order valence-electron chi connectivity index (χ4n) is 3.97. The van der Waals surface area contributed by atoms with Crippen molar-refractivity contribution in [1.82, 2.24) is 0 Å². The van der Waals surface area contributed by atoms with E-state index in [0.717, 1.165) is 35.4 Å². The lowest BCUT2D eigenvalue weighted by Gasteiger charge is -2.29. The Hall–Kier alpha value is -3.32. The Balaban J connectivity index is 1.96. The van der Waals surface area contributed by atoms with Gasteiger partial charge in [0.05, 0.1) is 22.9 Å². The summed E-state index contributed by atoms with van der Waals surface area (Å²) < 4.78 is 55.3. The minimum Gasteiger partial charge on any atom is -0.304 e. The van der Waals surface area contributed by atoms with Gasteiger partial charge in [0, 0.05) is 18.4 Å². The molecule has 2 aromatic rings. The van der Waals surface area contributed by atoms with Gasteiger partial charge >= 0.3 is 6.18 Å². The summed E-state index contributed by atoms with van der Waals surface area (Å²) in [5, 5.41) is 8.87. The summed E-state index contributed by atoms with van der Waals surface area (Å²) in [6, 6.07) is 9.62. The maximum Gasteiger partial charge on any atom is 0.417 e. The van der Waals surface area contributed by atoms with Gasteiger partial charge in [-0.25, -0.2) is 4.39 Å². The lowest BCUT2D eigenvalue weighted by atomic mass is 10.0. The van der Waals surface area contributed by atoms with Crippen LogP contribution in [0.4, 0.5) is 28.9 Å². The van der Waals surface area contributed by atoms with Crippen LogP contribution < -0.4 is 9.80 Å². The zero-order valence-electron chi connectivity index (χ0n) is 19.7. The maximum atomic E-state index is 14.8. The molecule has 0 bridgehead atoms. The van der Waals surface area contributed by atoms with Crippen molar-refractivity contribution in [2.24, 2.45) is 4.99 Å². The van der Waals surface area contributed by atoms with E-state index in [1.165, 1.54) is 11.0 Å². The Morgan fingerprint density at radius 2 is 1.83 bits per heavy atom. The van der Waals surface area contributed by atoms with Gasteiger partial charge in [-0.15, -0.1) is 0 Å². The molecule has 10 heteroatoms. The number of nitriles is 1. The Morgan fingerprint density at radius 1 is 1.20 bits per heavy atom. The monoisotopic (exact) mass is 504 g/mol. The first-order chi connectivity index (χ1) is 16.3. The van der Waals surface area contributed by atoms with E-state index < -0.39 is 40.3 Å². The second-order valence-electron chi connectivity index (χ2n) is 8.76.